The summed E-state index contributed by atoms with van der Waals surface area (Å²) < 4.78 is 5.03. The molecule has 1 aliphatic rings. The number of anilines is 1. The van der Waals surface area contributed by atoms with Crippen molar-refractivity contribution >= 4 is 17.4 Å². The van der Waals surface area contributed by atoms with Crippen molar-refractivity contribution in [1.29, 1.82) is 0 Å². The van der Waals surface area contributed by atoms with E-state index in [4.69, 9.17) is 16.3 Å². The van der Waals surface area contributed by atoms with Gasteiger partial charge in [0.15, 0.2) is 5.82 Å². The SMILES string of the molecule is COCc1nc(Cl)cc(NC2CCCN(C)C2)n1. The number of likely N-dealkylation sites (N-methyl/N-ethyl adjacent to an activating group) is 1. The molecule has 6 heteroatoms. The van der Waals surface area contributed by atoms with Gasteiger partial charge in [0, 0.05) is 25.8 Å². The van der Waals surface area contributed by atoms with Crippen molar-refractivity contribution in [2.75, 3.05) is 32.6 Å². The van der Waals surface area contributed by atoms with Crippen LogP contribution in [0.25, 0.3) is 0 Å². The molecule has 5 nitrogen and oxygen atoms in total. The summed E-state index contributed by atoms with van der Waals surface area (Å²) >= 11 is 5.98. The number of methoxy groups -OCH3 is 1. The maximum Gasteiger partial charge on any atom is 0.158 e. The van der Waals surface area contributed by atoms with Crippen LogP contribution in [0.5, 0.6) is 0 Å². The molecule has 1 atom stereocenters. The zero-order valence-electron chi connectivity index (χ0n) is 10.8. The molecule has 1 N–H and O–H groups in total. The van der Waals surface area contributed by atoms with Gasteiger partial charge < -0.3 is 15.0 Å². The third-order valence-electron chi connectivity index (χ3n) is 2.99. The third-order valence-corrected chi connectivity index (χ3v) is 3.18. The van der Waals surface area contributed by atoms with Crippen LogP contribution in [0.2, 0.25) is 5.15 Å². The molecule has 1 aliphatic heterocycles. The minimum absolute atomic E-state index is 0.375. The number of piperidine rings is 1. The molecule has 0 amide bonds. The van der Waals surface area contributed by atoms with Crippen LogP contribution in [0.1, 0.15) is 18.7 Å². The minimum Gasteiger partial charge on any atom is -0.377 e. The van der Waals surface area contributed by atoms with E-state index >= 15 is 0 Å². The summed E-state index contributed by atoms with van der Waals surface area (Å²) in [5, 5.41) is 3.87. The van der Waals surface area contributed by atoms with E-state index < -0.39 is 0 Å². The van der Waals surface area contributed by atoms with Crippen LogP contribution in [0.4, 0.5) is 5.82 Å². The molecule has 1 saturated heterocycles. The molecule has 100 valence electrons. The van der Waals surface area contributed by atoms with Gasteiger partial charge in [-0.1, -0.05) is 11.6 Å². The molecule has 1 aromatic rings. The van der Waals surface area contributed by atoms with E-state index in [1.165, 1.54) is 6.42 Å². The summed E-state index contributed by atoms with van der Waals surface area (Å²) in [5.41, 5.74) is 0. The third kappa shape index (κ3) is 3.80. The zero-order valence-corrected chi connectivity index (χ0v) is 11.6. The first-order valence-corrected chi connectivity index (χ1v) is 6.52. The quantitative estimate of drug-likeness (QED) is 0.846. The highest BCUT2D eigenvalue weighted by Gasteiger charge is 2.17. The lowest BCUT2D eigenvalue weighted by molar-refractivity contribution is 0.178. The summed E-state index contributed by atoms with van der Waals surface area (Å²) in [6.07, 6.45) is 2.36. The number of aromatic nitrogens is 2. The van der Waals surface area contributed by atoms with Gasteiger partial charge in [-0.25, -0.2) is 9.97 Å². The highest BCUT2D eigenvalue weighted by Crippen LogP contribution is 2.16. The number of nitrogens with zero attached hydrogens (tertiary/aromatic N) is 3. The lowest BCUT2D eigenvalue weighted by Gasteiger charge is -2.30. The van der Waals surface area contributed by atoms with E-state index in [0.29, 0.717) is 23.6 Å². The van der Waals surface area contributed by atoms with E-state index in [1.807, 2.05) is 0 Å². The molecule has 18 heavy (non-hydrogen) atoms. The van der Waals surface area contributed by atoms with Gasteiger partial charge >= 0.3 is 0 Å². The molecule has 0 saturated carbocycles. The molecule has 2 rings (SSSR count). The maximum absolute atomic E-state index is 5.98. The zero-order chi connectivity index (χ0) is 13.0. The first-order chi connectivity index (χ1) is 8.67. The molecule has 0 aliphatic carbocycles. The topological polar surface area (TPSA) is 50.3 Å². The number of halogens is 1. The van der Waals surface area contributed by atoms with Crippen LogP contribution in [0, 0.1) is 0 Å². The molecule has 1 aromatic heterocycles. The predicted molar refractivity (Wildman–Crippen MR) is 71.9 cm³/mol. The first-order valence-electron chi connectivity index (χ1n) is 6.15. The predicted octanol–water partition coefficient (Wildman–Crippen LogP) is 1.78. The van der Waals surface area contributed by atoms with Crippen molar-refractivity contribution in [1.82, 2.24) is 14.9 Å². The van der Waals surface area contributed by atoms with Gasteiger partial charge in [-0.15, -0.1) is 0 Å². The minimum atomic E-state index is 0.375. The molecule has 1 unspecified atom stereocenters. The van der Waals surface area contributed by atoms with Gasteiger partial charge in [-0.3, -0.25) is 0 Å². The fourth-order valence-corrected chi connectivity index (χ4v) is 2.43. The van der Waals surface area contributed by atoms with Crippen LogP contribution >= 0.6 is 11.6 Å². The van der Waals surface area contributed by atoms with E-state index in [-0.39, 0.29) is 0 Å². The Balaban J connectivity index is 2.03. The smallest absolute Gasteiger partial charge is 0.158 e. The summed E-state index contributed by atoms with van der Waals surface area (Å²) in [5.74, 6) is 1.39. The van der Waals surface area contributed by atoms with Crippen molar-refractivity contribution in [3.63, 3.8) is 0 Å². The second-order valence-electron chi connectivity index (χ2n) is 4.67. The Morgan fingerprint density at radius 2 is 2.39 bits per heavy atom. The van der Waals surface area contributed by atoms with Gasteiger partial charge in [-0.05, 0) is 26.4 Å². The van der Waals surface area contributed by atoms with Crippen molar-refractivity contribution in [3.8, 4) is 0 Å². The number of likely N-dealkylation sites (tertiary alicyclic amines) is 1. The molecule has 0 aromatic carbocycles. The Hall–Kier alpha value is -0.910. The molecule has 2 heterocycles. The summed E-state index contributed by atoms with van der Waals surface area (Å²) in [6.45, 7) is 2.57. The van der Waals surface area contributed by atoms with Crippen molar-refractivity contribution < 1.29 is 4.74 Å². The van der Waals surface area contributed by atoms with E-state index in [0.717, 1.165) is 25.3 Å². The van der Waals surface area contributed by atoms with E-state index in [1.54, 1.807) is 13.2 Å². The van der Waals surface area contributed by atoms with Crippen LogP contribution in [0.15, 0.2) is 6.07 Å². The van der Waals surface area contributed by atoms with Crippen LogP contribution < -0.4 is 5.32 Å². The molecule has 0 spiro atoms. The molecule has 0 radical (unpaired) electrons. The van der Waals surface area contributed by atoms with Crippen LogP contribution in [0.3, 0.4) is 0 Å². The molecular formula is C12H19ClN4O. The van der Waals surface area contributed by atoms with Gasteiger partial charge in [0.25, 0.3) is 0 Å². The van der Waals surface area contributed by atoms with Crippen molar-refractivity contribution in [3.05, 3.63) is 17.0 Å². The van der Waals surface area contributed by atoms with E-state index in [2.05, 4.69) is 27.2 Å². The lowest BCUT2D eigenvalue weighted by Crippen LogP contribution is -2.39. The summed E-state index contributed by atoms with van der Waals surface area (Å²) in [7, 11) is 3.75. The fourth-order valence-electron chi connectivity index (χ4n) is 2.23. The Labute approximate surface area is 113 Å². The number of ether oxygens (including phenoxy) is 1. The normalized spacial score (nSPS) is 20.9. The number of rotatable bonds is 4. The Morgan fingerprint density at radius 3 is 3.11 bits per heavy atom. The van der Waals surface area contributed by atoms with Crippen molar-refractivity contribution in [2.45, 2.75) is 25.5 Å². The highest BCUT2D eigenvalue weighted by atomic mass is 35.5. The van der Waals surface area contributed by atoms with Gasteiger partial charge in [0.2, 0.25) is 0 Å². The average molecular weight is 271 g/mol. The van der Waals surface area contributed by atoms with Crippen LogP contribution in [-0.4, -0.2) is 48.2 Å². The average Bonchev–Trinajstić information content (AvgIpc) is 2.28. The Bertz CT molecular complexity index is 402. The number of hydrogen-bond acceptors (Lipinski definition) is 5. The highest BCUT2D eigenvalue weighted by molar-refractivity contribution is 6.29. The standard InChI is InChI=1S/C12H19ClN4O/c1-17-5-3-4-9(7-17)14-11-6-10(13)15-12(16-11)8-18-2/h6,9H,3-5,7-8H2,1-2H3,(H,14,15,16). The Morgan fingerprint density at radius 1 is 1.56 bits per heavy atom. The largest absolute Gasteiger partial charge is 0.377 e. The Kier molecular flexibility index (Phi) is 4.74. The summed E-state index contributed by atoms with van der Waals surface area (Å²) in [6, 6.07) is 2.18. The molecule has 0 bridgehead atoms. The number of hydrogen-bond donors (Lipinski definition) is 1. The summed E-state index contributed by atoms with van der Waals surface area (Å²) in [4.78, 5) is 10.8. The number of nitrogens with one attached hydrogen (secondary N) is 1. The van der Waals surface area contributed by atoms with Crippen LogP contribution in [-0.2, 0) is 11.3 Å². The lowest BCUT2D eigenvalue weighted by atomic mass is 10.1. The second kappa shape index (κ2) is 6.31. The second-order valence-corrected chi connectivity index (χ2v) is 5.06. The van der Waals surface area contributed by atoms with Gasteiger partial charge in [0.05, 0.1) is 0 Å². The molecule has 1 fully saturated rings. The van der Waals surface area contributed by atoms with Crippen molar-refractivity contribution in [2.24, 2.45) is 0 Å². The monoisotopic (exact) mass is 270 g/mol. The molecular weight excluding hydrogens is 252 g/mol. The maximum atomic E-state index is 5.98. The van der Waals surface area contributed by atoms with Gasteiger partial charge in [0.1, 0.15) is 17.6 Å². The van der Waals surface area contributed by atoms with E-state index in [9.17, 15) is 0 Å². The first kappa shape index (κ1) is 13.5. The van der Waals surface area contributed by atoms with Gasteiger partial charge in [-0.2, -0.15) is 0 Å². The fraction of sp³-hybridized carbons (Fsp3) is 0.667.